The summed E-state index contributed by atoms with van der Waals surface area (Å²) in [6, 6.07) is 0. The van der Waals surface area contributed by atoms with Crippen molar-refractivity contribution in [3.63, 3.8) is 0 Å². The van der Waals surface area contributed by atoms with Crippen LogP contribution in [-0.4, -0.2) is 11.7 Å². The maximum Gasteiger partial charge on any atom is 0.0474 e. The molecule has 0 unspecified atom stereocenters. The summed E-state index contributed by atoms with van der Waals surface area (Å²) in [7, 11) is 0. The van der Waals surface area contributed by atoms with Crippen molar-refractivity contribution in [2.45, 2.75) is 33.1 Å². The highest BCUT2D eigenvalue weighted by molar-refractivity contribution is 4.97. The maximum atomic E-state index is 8.52. The number of unbranched alkanes of at least 4 members (excludes halogenated alkanes) is 1. The molecule has 1 heteroatoms. The zero-order valence-electron chi connectivity index (χ0n) is 6.85. The molecule has 0 spiro atoms. The summed E-state index contributed by atoms with van der Waals surface area (Å²) in [5.74, 6) is 0. The van der Waals surface area contributed by atoms with Crippen LogP contribution >= 0.6 is 0 Å². The number of aliphatic hydroxyl groups is 1. The van der Waals surface area contributed by atoms with E-state index in [9.17, 15) is 0 Å². The van der Waals surface area contributed by atoms with Crippen molar-refractivity contribution in [1.29, 1.82) is 0 Å². The Morgan fingerprint density at radius 3 is 2.80 bits per heavy atom. The first-order chi connectivity index (χ1) is 4.81. The van der Waals surface area contributed by atoms with Gasteiger partial charge in [-0.3, -0.25) is 0 Å². The molecule has 0 amide bonds. The third-order valence-electron chi connectivity index (χ3n) is 1.27. The molecule has 0 aromatic rings. The highest BCUT2D eigenvalue weighted by Crippen LogP contribution is 1.96. The predicted molar refractivity (Wildman–Crippen MR) is 43.9 cm³/mol. The molecule has 0 fully saturated rings. The third-order valence-corrected chi connectivity index (χ3v) is 1.27. The van der Waals surface area contributed by atoms with Gasteiger partial charge in [-0.15, -0.1) is 5.73 Å². The van der Waals surface area contributed by atoms with Crippen LogP contribution in [0.1, 0.15) is 33.1 Å². The summed E-state index contributed by atoms with van der Waals surface area (Å²) in [5, 5.41) is 8.52. The predicted octanol–water partition coefficient (Wildman–Crippen LogP) is 2.27. The lowest BCUT2D eigenvalue weighted by Crippen LogP contribution is -1.81. The second-order valence-corrected chi connectivity index (χ2v) is 2.39. The standard InChI is InChI=1S/C9H16O/c1-3-4-5-6-9(2)7-8-10/h5,10H,3-4,7-8H2,1-2H3. The summed E-state index contributed by atoms with van der Waals surface area (Å²) in [5.41, 5.74) is 4.25. The Balaban J connectivity index is 3.64. The van der Waals surface area contributed by atoms with Gasteiger partial charge < -0.3 is 5.11 Å². The topological polar surface area (TPSA) is 20.2 Å². The van der Waals surface area contributed by atoms with E-state index in [-0.39, 0.29) is 6.61 Å². The van der Waals surface area contributed by atoms with Gasteiger partial charge in [-0.05, 0) is 31.4 Å². The SMILES string of the molecule is CCCC=C=C(C)CCO. The van der Waals surface area contributed by atoms with Gasteiger partial charge >= 0.3 is 0 Å². The Bertz CT molecular complexity index is 130. The van der Waals surface area contributed by atoms with Gasteiger partial charge in [0.15, 0.2) is 0 Å². The minimum Gasteiger partial charge on any atom is -0.396 e. The number of hydrogen-bond donors (Lipinski definition) is 1. The molecule has 10 heavy (non-hydrogen) atoms. The van der Waals surface area contributed by atoms with Crippen LogP contribution in [0.3, 0.4) is 0 Å². The van der Waals surface area contributed by atoms with Gasteiger partial charge in [0.1, 0.15) is 0 Å². The fourth-order valence-corrected chi connectivity index (χ4v) is 0.631. The van der Waals surface area contributed by atoms with E-state index in [0.29, 0.717) is 0 Å². The lowest BCUT2D eigenvalue weighted by molar-refractivity contribution is 0.299. The highest BCUT2D eigenvalue weighted by Gasteiger charge is 1.82. The van der Waals surface area contributed by atoms with Crippen molar-refractivity contribution in [3.05, 3.63) is 17.4 Å². The summed E-state index contributed by atoms with van der Waals surface area (Å²) in [4.78, 5) is 0. The zero-order valence-corrected chi connectivity index (χ0v) is 6.85. The Morgan fingerprint density at radius 2 is 2.30 bits per heavy atom. The molecule has 0 heterocycles. The molecule has 0 atom stereocenters. The monoisotopic (exact) mass is 140 g/mol. The van der Waals surface area contributed by atoms with Crippen LogP contribution in [0.4, 0.5) is 0 Å². The van der Waals surface area contributed by atoms with Crippen molar-refractivity contribution in [3.8, 4) is 0 Å². The fourth-order valence-electron chi connectivity index (χ4n) is 0.631. The Labute approximate surface area is 63.1 Å². The third kappa shape index (κ3) is 5.61. The molecule has 0 bridgehead atoms. The molecular weight excluding hydrogens is 124 g/mol. The van der Waals surface area contributed by atoms with E-state index in [1.165, 1.54) is 6.42 Å². The Hall–Kier alpha value is -0.520. The highest BCUT2D eigenvalue weighted by atomic mass is 16.2. The van der Waals surface area contributed by atoms with Gasteiger partial charge in [0.05, 0.1) is 0 Å². The first-order valence-corrected chi connectivity index (χ1v) is 3.82. The molecule has 0 aliphatic carbocycles. The normalized spacial score (nSPS) is 8.70. The molecule has 0 aromatic heterocycles. The molecule has 0 aliphatic rings. The van der Waals surface area contributed by atoms with E-state index in [0.717, 1.165) is 18.4 Å². The van der Waals surface area contributed by atoms with Crippen LogP contribution < -0.4 is 0 Å². The molecule has 0 rings (SSSR count). The molecule has 1 nitrogen and oxygen atoms in total. The summed E-state index contributed by atoms with van der Waals surface area (Å²) in [6.45, 7) is 4.36. The summed E-state index contributed by atoms with van der Waals surface area (Å²) < 4.78 is 0. The van der Waals surface area contributed by atoms with Gasteiger partial charge in [0, 0.05) is 6.61 Å². The van der Waals surface area contributed by atoms with E-state index in [1.807, 2.05) is 13.0 Å². The average molecular weight is 140 g/mol. The van der Waals surface area contributed by atoms with E-state index in [2.05, 4.69) is 12.7 Å². The van der Waals surface area contributed by atoms with Crippen LogP contribution in [0, 0.1) is 0 Å². The lowest BCUT2D eigenvalue weighted by atomic mass is 10.2. The first-order valence-electron chi connectivity index (χ1n) is 3.82. The smallest absolute Gasteiger partial charge is 0.0474 e. The summed E-state index contributed by atoms with van der Waals surface area (Å²) in [6.07, 6.45) is 5.04. The van der Waals surface area contributed by atoms with Crippen molar-refractivity contribution in [1.82, 2.24) is 0 Å². The van der Waals surface area contributed by atoms with Gasteiger partial charge in [-0.1, -0.05) is 13.3 Å². The lowest BCUT2D eigenvalue weighted by Gasteiger charge is -1.89. The Kier molecular flexibility index (Phi) is 6.25. The van der Waals surface area contributed by atoms with E-state index in [1.54, 1.807) is 0 Å². The number of aliphatic hydroxyl groups excluding tert-OH is 1. The maximum absolute atomic E-state index is 8.52. The van der Waals surface area contributed by atoms with Crippen LogP contribution in [0.25, 0.3) is 0 Å². The van der Waals surface area contributed by atoms with Crippen LogP contribution in [0.2, 0.25) is 0 Å². The molecule has 58 valence electrons. The average Bonchev–Trinajstić information content (AvgIpc) is 1.89. The van der Waals surface area contributed by atoms with Crippen molar-refractivity contribution < 1.29 is 5.11 Å². The van der Waals surface area contributed by atoms with Crippen LogP contribution in [0.5, 0.6) is 0 Å². The molecular formula is C9H16O. The fraction of sp³-hybridized carbons (Fsp3) is 0.667. The van der Waals surface area contributed by atoms with Crippen LogP contribution in [-0.2, 0) is 0 Å². The number of hydrogen-bond acceptors (Lipinski definition) is 1. The van der Waals surface area contributed by atoms with E-state index in [4.69, 9.17) is 5.11 Å². The Morgan fingerprint density at radius 1 is 1.60 bits per heavy atom. The van der Waals surface area contributed by atoms with E-state index < -0.39 is 0 Å². The molecule has 1 N–H and O–H groups in total. The molecule has 0 saturated carbocycles. The minimum absolute atomic E-state index is 0.235. The molecule has 0 saturated heterocycles. The minimum atomic E-state index is 0.235. The largest absolute Gasteiger partial charge is 0.396 e. The van der Waals surface area contributed by atoms with Gasteiger partial charge in [-0.25, -0.2) is 0 Å². The van der Waals surface area contributed by atoms with Gasteiger partial charge in [0.25, 0.3) is 0 Å². The second-order valence-electron chi connectivity index (χ2n) is 2.39. The number of rotatable bonds is 4. The van der Waals surface area contributed by atoms with Gasteiger partial charge in [-0.2, -0.15) is 0 Å². The first kappa shape index (κ1) is 9.48. The second kappa shape index (κ2) is 6.60. The molecule has 0 aliphatic heterocycles. The van der Waals surface area contributed by atoms with Crippen molar-refractivity contribution in [2.24, 2.45) is 0 Å². The van der Waals surface area contributed by atoms with Crippen molar-refractivity contribution in [2.75, 3.05) is 6.61 Å². The van der Waals surface area contributed by atoms with Crippen LogP contribution in [0.15, 0.2) is 17.4 Å². The molecule has 0 aromatic carbocycles. The quantitative estimate of drug-likeness (QED) is 0.594. The zero-order chi connectivity index (χ0) is 7.82. The summed E-state index contributed by atoms with van der Waals surface area (Å²) >= 11 is 0. The van der Waals surface area contributed by atoms with Crippen molar-refractivity contribution >= 4 is 0 Å². The van der Waals surface area contributed by atoms with E-state index >= 15 is 0 Å². The molecule has 0 radical (unpaired) electrons. The van der Waals surface area contributed by atoms with Gasteiger partial charge in [0.2, 0.25) is 0 Å².